The minimum atomic E-state index is 0.502. The van der Waals surface area contributed by atoms with Crippen molar-refractivity contribution in [2.45, 2.75) is 51.2 Å². The number of rotatable bonds is 7. The van der Waals surface area contributed by atoms with Gasteiger partial charge in [-0.2, -0.15) is 0 Å². The molecule has 1 aliphatic carbocycles. The molecule has 1 aromatic carbocycles. The Kier molecular flexibility index (Phi) is 7.15. The summed E-state index contributed by atoms with van der Waals surface area (Å²) in [5.41, 5.74) is 0.976. The predicted octanol–water partition coefficient (Wildman–Crippen LogP) is 4.82. The molecule has 1 fully saturated rings. The highest BCUT2D eigenvalue weighted by Crippen LogP contribution is 2.24. The molecule has 0 radical (unpaired) electrons. The first-order valence-corrected chi connectivity index (χ1v) is 8.28. The summed E-state index contributed by atoms with van der Waals surface area (Å²) in [6.45, 7) is 2.48. The highest BCUT2D eigenvalue weighted by Gasteiger charge is 2.12. The van der Waals surface area contributed by atoms with Crippen LogP contribution in [-0.2, 0) is 11.3 Å². The van der Waals surface area contributed by atoms with E-state index in [2.05, 4.69) is 5.32 Å². The molecular formula is C16H23Cl2NO. The molecule has 0 atom stereocenters. The first-order valence-electron chi connectivity index (χ1n) is 7.52. The zero-order valence-electron chi connectivity index (χ0n) is 11.8. The van der Waals surface area contributed by atoms with Crippen molar-refractivity contribution < 1.29 is 4.74 Å². The number of hydrogen-bond donors (Lipinski definition) is 1. The van der Waals surface area contributed by atoms with Crippen LogP contribution in [0, 0.1) is 0 Å². The van der Waals surface area contributed by atoms with Crippen molar-refractivity contribution in [2.24, 2.45) is 0 Å². The fourth-order valence-electron chi connectivity index (χ4n) is 2.59. The van der Waals surface area contributed by atoms with Crippen molar-refractivity contribution in [3.05, 3.63) is 33.8 Å². The quantitative estimate of drug-likeness (QED) is 0.728. The van der Waals surface area contributed by atoms with E-state index in [1.165, 1.54) is 32.1 Å². The van der Waals surface area contributed by atoms with E-state index < -0.39 is 0 Å². The number of ether oxygens (including phenoxy) is 1. The highest BCUT2D eigenvalue weighted by molar-refractivity contribution is 6.35. The van der Waals surface area contributed by atoms with E-state index in [9.17, 15) is 0 Å². The molecule has 0 saturated heterocycles. The van der Waals surface area contributed by atoms with Crippen LogP contribution in [0.25, 0.3) is 0 Å². The monoisotopic (exact) mass is 315 g/mol. The lowest BCUT2D eigenvalue weighted by atomic mass is 9.98. The Morgan fingerprint density at radius 2 is 1.80 bits per heavy atom. The van der Waals surface area contributed by atoms with Gasteiger partial charge in [0.1, 0.15) is 0 Å². The van der Waals surface area contributed by atoms with Crippen LogP contribution in [0.2, 0.25) is 10.0 Å². The second kappa shape index (κ2) is 8.89. The van der Waals surface area contributed by atoms with Gasteiger partial charge in [-0.1, -0.05) is 48.5 Å². The van der Waals surface area contributed by atoms with Crippen LogP contribution in [0.5, 0.6) is 0 Å². The molecule has 2 nitrogen and oxygen atoms in total. The van der Waals surface area contributed by atoms with Crippen molar-refractivity contribution in [3.63, 3.8) is 0 Å². The van der Waals surface area contributed by atoms with E-state index in [4.69, 9.17) is 27.9 Å². The summed E-state index contributed by atoms with van der Waals surface area (Å²) in [5, 5.41) is 4.82. The number of benzene rings is 1. The van der Waals surface area contributed by atoms with Crippen molar-refractivity contribution in [1.29, 1.82) is 0 Å². The van der Waals surface area contributed by atoms with Crippen molar-refractivity contribution >= 4 is 23.2 Å². The van der Waals surface area contributed by atoms with Crippen LogP contribution in [0.1, 0.15) is 44.1 Å². The molecule has 0 bridgehead atoms. The van der Waals surface area contributed by atoms with Gasteiger partial charge in [-0.05, 0) is 37.9 Å². The Hall–Kier alpha value is -0.280. The van der Waals surface area contributed by atoms with Crippen LogP contribution < -0.4 is 5.32 Å². The molecule has 1 aromatic rings. The maximum absolute atomic E-state index is 6.12. The summed E-state index contributed by atoms with van der Waals surface area (Å²) in [6.07, 6.45) is 8.04. The molecule has 0 spiro atoms. The molecule has 1 N–H and O–H groups in total. The first-order chi connectivity index (χ1) is 9.77. The Balaban J connectivity index is 1.57. The highest BCUT2D eigenvalue weighted by atomic mass is 35.5. The van der Waals surface area contributed by atoms with Gasteiger partial charge in [0.15, 0.2) is 0 Å². The fraction of sp³-hybridized carbons (Fsp3) is 0.625. The third kappa shape index (κ3) is 5.25. The lowest BCUT2D eigenvalue weighted by Crippen LogP contribution is -2.20. The lowest BCUT2D eigenvalue weighted by Gasteiger charge is -2.21. The van der Waals surface area contributed by atoms with E-state index in [1.807, 2.05) is 18.2 Å². The van der Waals surface area contributed by atoms with Gasteiger partial charge in [0, 0.05) is 28.8 Å². The molecule has 0 aliphatic heterocycles. The van der Waals surface area contributed by atoms with Gasteiger partial charge in [0.05, 0.1) is 6.10 Å². The normalized spacial score (nSPS) is 16.5. The Morgan fingerprint density at radius 3 is 2.50 bits per heavy atom. The molecule has 1 saturated carbocycles. The van der Waals surface area contributed by atoms with Gasteiger partial charge in [0.25, 0.3) is 0 Å². The standard InChI is InChI=1S/C16H23Cl2NO/c17-15-8-4-9-16(18)14(15)12-19-10-5-11-20-13-6-2-1-3-7-13/h4,8-9,13,19H,1-3,5-7,10-12H2. The number of hydrogen-bond acceptors (Lipinski definition) is 2. The lowest BCUT2D eigenvalue weighted by molar-refractivity contribution is 0.0273. The topological polar surface area (TPSA) is 21.3 Å². The van der Waals surface area contributed by atoms with Gasteiger partial charge in [-0.25, -0.2) is 0 Å². The van der Waals surface area contributed by atoms with E-state index in [-0.39, 0.29) is 0 Å². The number of halogens is 2. The van der Waals surface area contributed by atoms with Gasteiger partial charge in [-0.15, -0.1) is 0 Å². The fourth-order valence-corrected chi connectivity index (χ4v) is 3.12. The summed E-state index contributed by atoms with van der Waals surface area (Å²) in [7, 11) is 0. The summed E-state index contributed by atoms with van der Waals surface area (Å²) in [5.74, 6) is 0. The summed E-state index contributed by atoms with van der Waals surface area (Å²) in [4.78, 5) is 0. The number of nitrogens with one attached hydrogen (secondary N) is 1. The first kappa shape index (κ1) is 16.1. The van der Waals surface area contributed by atoms with E-state index >= 15 is 0 Å². The maximum Gasteiger partial charge on any atom is 0.0575 e. The van der Waals surface area contributed by atoms with Crippen molar-refractivity contribution in [3.8, 4) is 0 Å². The van der Waals surface area contributed by atoms with Crippen LogP contribution in [0.15, 0.2) is 18.2 Å². The van der Waals surface area contributed by atoms with Crippen LogP contribution in [0.3, 0.4) is 0 Å². The summed E-state index contributed by atoms with van der Waals surface area (Å²) < 4.78 is 5.89. The maximum atomic E-state index is 6.12. The van der Waals surface area contributed by atoms with Gasteiger partial charge < -0.3 is 10.1 Å². The van der Waals surface area contributed by atoms with Crippen LogP contribution in [-0.4, -0.2) is 19.3 Å². The molecule has 0 amide bonds. The molecule has 112 valence electrons. The second-order valence-corrected chi connectivity index (χ2v) is 6.18. The van der Waals surface area contributed by atoms with Crippen molar-refractivity contribution in [1.82, 2.24) is 5.32 Å². The average molecular weight is 316 g/mol. The molecule has 1 aliphatic rings. The van der Waals surface area contributed by atoms with Crippen LogP contribution in [0.4, 0.5) is 0 Å². The molecule has 20 heavy (non-hydrogen) atoms. The Labute approximate surface area is 131 Å². The zero-order valence-corrected chi connectivity index (χ0v) is 13.3. The van der Waals surface area contributed by atoms with E-state index in [0.717, 1.165) is 35.2 Å². The minimum Gasteiger partial charge on any atom is -0.378 e. The average Bonchev–Trinajstić information content (AvgIpc) is 2.46. The Morgan fingerprint density at radius 1 is 1.10 bits per heavy atom. The summed E-state index contributed by atoms with van der Waals surface area (Å²) in [6, 6.07) is 5.61. The third-order valence-corrected chi connectivity index (χ3v) is 4.48. The van der Waals surface area contributed by atoms with E-state index in [1.54, 1.807) is 0 Å². The van der Waals surface area contributed by atoms with E-state index in [0.29, 0.717) is 12.6 Å². The second-order valence-electron chi connectivity index (χ2n) is 5.36. The smallest absolute Gasteiger partial charge is 0.0575 e. The van der Waals surface area contributed by atoms with Gasteiger partial charge in [-0.3, -0.25) is 0 Å². The molecular weight excluding hydrogens is 293 g/mol. The summed E-state index contributed by atoms with van der Waals surface area (Å²) >= 11 is 12.2. The largest absolute Gasteiger partial charge is 0.378 e. The van der Waals surface area contributed by atoms with Gasteiger partial charge >= 0.3 is 0 Å². The Bertz CT molecular complexity index is 385. The van der Waals surface area contributed by atoms with Gasteiger partial charge in [0.2, 0.25) is 0 Å². The zero-order chi connectivity index (χ0) is 14.2. The van der Waals surface area contributed by atoms with Crippen LogP contribution >= 0.6 is 23.2 Å². The molecule has 0 unspecified atom stereocenters. The third-order valence-electron chi connectivity index (χ3n) is 3.77. The molecule has 4 heteroatoms. The predicted molar refractivity (Wildman–Crippen MR) is 85.6 cm³/mol. The SMILES string of the molecule is Clc1cccc(Cl)c1CNCCCOC1CCCCC1. The molecule has 0 aromatic heterocycles. The van der Waals surface area contributed by atoms with Crippen molar-refractivity contribution in [2.75, 3.05) is 13.2 Å². The molecule has 2 rings (SSSR count). The minimum absolute atomic E-state index is 0.502. The molecule has 0 heterocycles.